The van der Waals surface area contributed by atoms with Crippen LogP contribution in [0.5, 0.6) is 0 Å². The highest BCUT2D eigenvalue weighted by Gasteiger charge is 2.03. The molecule has 20 heavy (non-hydrogen) atoms. The Kier molecular flexibility index (Phi) is 5.11. The minimum Gasteiger partial charge on any atom is -0.294 e. The average Bonchev–Trinajstić information content (AvgIpc) is 2.53. The fourth-order valence-corrected chi connectivity index (χ4v) is 2.30. The quantitative estimate of drug-likeness (QED) is 0.649. The maximum atomic E-state index is 11.6. The molecule has 0 heterocycles. The summed E-state index contributed by atoms with van der Waals surface area (Å²) in [5.74, 6) is 0.200. The fraction of sp³-hybridized carbons (Fsp3) is 0.316. The summed E-state index contributed by atoms with van der Waals surface area (Å²) in [5.41, 5.74) is 4.57. The smallest absolute Gasteiger partial charge is 0.162 e. The van der Waals surface area contributed by atoms with E-state index in [2.05, 4.69) is 31.2 Å². The zero-order valence-electron chi connectivity index (χ0n) is 12.4. The molecule has 1 heteroatoms. The molecule has 0 aliphatic heterocycles. The van der Waals surface area contributed by atoms with Crippen molar-refractivity contribution in [1.82, 2.24) is 0 Å². The number of ketones is 1. The lowest BCUT2D eigenvalue weighted by Gasteiger charge is -2.05. The molecule has 0 saturated heterocycles. The predicted octanol–water partition coefficient (Wildman–Crippen LogP) is 5.29. The van der Waals surface area contributed by atoms with Crippen molar-refractivity contribution in [2.75, 3.05) is 0 Å². The molecule has 2 aromatic rings. The topological polar surface area (TPSA) is 17.1 Å². The number of unbranched alkanes of at least 4 members (excludes halogenated alkanes) is 1. The number of hydrogen-bond acceptors (Lipinski definition) is 1. The van der Waals surface area contributed by atoms with Gasteiger partial charge in [0.1, 0.15) is 0 Å². The second-order valence-electron chi connectivity index (χ2n) is 5.15. The van der Waals surface area contributed by atoms with Crippen LogP contribution in [0.3, 0.4) is 0 Å². The summed E-state index contributed by atoms with van der Waals surface area (Å²) in [6, 6.07) is 16.7. The summed E-state index contributed by atoms with van der Waals surface area (Å²) in [6.07, 6.45) is 4.19. The fourth-order valence-electron chi connectivity index (χ4n) is 2.30. The summed E-state index contributed by atoms with van der Waals surface area (Å²) < 4.78 is 0. The number of carbonyl (C=O) groups excluding carboxylic acids is 1. The number of carbonyl (C=O) groups is 1. The molecular weight excluding hydrogens is 244 g/mol. The molecule has 0 amide bonds. The molecule has 2 aromatic carbocycles. The minimum absolute atomic E-state index is 0.200. The van der Waals surface area contributed by atoms with Gasteiger partial charge in [0, 0.05) is 12.0 Å². The number of rotatable bonds is 6. The van der Waals surface area contributed by atoms with Crippen LogP contribution in [0.25, 0.3) is 11.1 Å². The average molecular weight is 266 g/mol. The van der Waals surface area contributed by atoms with Gasteiger partial charge in [-0.1, -0.05) is 68.8 Å². The van der Waals surface area contributed by atoms with Gasteiger partial charge in [0.25, 0.3) is 0 Å². The van der Waals surface area contributed by atoms with Crippen molar-refractivity contribution in [3.8, 4) is 11.1 Å². The van der Waals surface area contributed by atoms with Crippen molar-refractivity contribution in [3.63, 3.8) is 0 Å². The first-order valence-electron chi connectivity index (χ1n) is 7.47. The van der Waals surface area contributed by atoms with Crippen LogP contribution in [-0.4, -0.2) is 5.78 Å². The van der Waals surface area contributed by atoms with Crippen LogP contribution in [0, 0.1) is 0 Å². The van der Waals surface area contributed by atoms with Gasteiger partial charge in [-0.2, -0.15) is 0 Å². The third kappa shape index (κ3) is 3.57. The van der Waals surface area contributed by atoms with Crippen molar-refractivity contribution in [1.29, 1.82) is 0 Å². The van der Waals surface area contributed by atoms with E-state index < -0.39 is 0 Å². The van der Waals surface area contributed by atoms with Crippen LogP contribution in [0.1, 0.15) is 49.0 Å². The van der Waals surface area contributed by atoms with E-state index in [1.54, 1.807) is 0 Å². The van der Waals surface area contributed by atoms with Crippen molar-refractivity contribution >= 4 is 5.78 Å². The molecule has 0 atom stereocenters. The number of benzene rings is 2. The molecule has 1 nitrogen and oxygen atoms in total. The van der Waals surface area contributed by atoms with Gasteiger partial charge >= 0.3 is 0 Å². The summed E-state index contributed by atoms with van der Waals surface area (Å²) in [7, 11) is 0. The van der Waals surface area contributed by atoms with Gasteiger partial charge in [0.15, 0.2) is 5.78 Å². The molecule has 0 spiro atoms. The van der Waals surface area contributed by atoms with E-state index in [1.165, 1.54) is 29.5 Å². The van der Waals surface area contributed by atoms with Gasteiger partial charge in [-0.25, -0.2) is 0 Å². The van der Waals surface area contributed by atoms with E-state index >= 15 is 0 Å². The zero-order valence-corrected chi connectivity index (χ0v) is 12.4. The molecular formula is C19H22O. The molecule has 0 bridgehead atoms. The van der Waals surface area contributed by atoms with Crippen LogP contribution < -0.4 is 0 Å². The monoisotopic (exact) mass is 266 g/mol. The van der Waals surface area contributed by atoms with Crippen molar-refractivity contribution in [3.05, 3.63) is 59.7 Å². The lowest BCUT2D eigenvalue weighted by molar-refractivity contribution is 0.0988. The molecule has 0 aliphatic rings. The Bertz CT molecular complexity index is 549. The molecule has 0 aromatic heterocycles. The SMILES string of the molecule is CCCCc1ccc(-c2ccc(C(=O)CC)cc2)cc1. The molecule has 0 unspecified atom stereocenters. The lowest BCUT2D eigenvalue weighted by Crippen LogP contribution is -1.95. The second kappa shape index (κ2) is 7.04. The number of Topliss-reactive ketones (excluding diaryl/α,β-unsaturated/α-hetero) is 1. The van der Waals surface area contributed by atoms with Crippen molar-refractivity contribution in [2.24, 2.45) is 0 Å². The molecule has 2 rings (SSSR count). The van der Waals surface area contributed by atoms with Gasteiger partial charge in [0.05, 0.1) is 0 Å². The summed E-state index contributed by atoms with van der Waals surface area (Å²) >= 11 is 0. The Morgan fingerprint density at radius 3 is 1.90 bits per heavy atom. The normalized spacial score (nSPS) is 10.5. The molecule has 0 fully saturated rings. The maximum absolute atomic E-state index is 11.6. The summed E-state index contributed by atoms with van der Waals surface area (Å²) in [5, 5.41) is 0. The number of hydrogen-bond donors (Lipinski definition) is 0. The van der Waals surface area contributed by atoms with Crippen LogP contribution in [0.15, 0.2) is 48.5 Å². The Hall–Kier alpha value is -1.89. The van der Waals surface area contributed by atoms with E-state index in [-0.39, 0.29) is 5.78 Å². The first-order valence-corrected chi connectivity index (χ1v) is 7.47. The van der Waals surface area contributed by atoms with Crippen molar-refractivity contribution in [2.45, 2.75) is 39.5 Å². The Morgan fingerprint density at radius 2 is 1.40 bits per heavy atom. The highest BCUT2D eigenvalue weighted by Crippen LogP contribution is 2.21. The molecule has 0 saturated carbocycles. The molecule has 0 N–H and O–H groups in total. The van der Waals surface area contributed by atoms with Gasteiger partial charge < -0.3 is 0 Å². The standard InChI is InChI=1S/C19H22O/c1-3-5-6-15-7-9-16(10-8-15)17-11-13-18(14-12-17)19(20)4-2/h7-14H,3-6H2,1-2H3. The van der Waals surface area contributed by atoms with Crippen LogP contribution in [-0.2, 0) is 6.42 Å². The van der Waals surface area contributed by atoms with E-state index in [0.717, 1.165) is 12.0 Å². The lowest BCUT2D eigenvalue weighted by atomic mass is 9.99. The molecule has 104 valence electrons. The largest absolute Gasteiger partial charge is 0.294 e. The zero-order chi connectivity index (χ0) is 14.4. The first kappa shape index (κ1) is 14.5. The highest BCUT2D eigenvalue weighted by atomic mass is 16.1. The van der Waals surface area contributed by atoms with Gasteiger partial charge in [0.2, 0.25) is 0 Å². The van der Waals surface area contributed by atoms with Crippen LogP contribution >= 0.6 is 0 Å². The minimum atomic E-state index is 0.200. The van der Waals surface area contributed by atoms with E-state index in [0.29, 0.717) is 6.42 Å². The summed E-state index contributed by atoms with van der Waals surface area (Å²) in [6.45, 7) is 4.11. The number of aryl methyl sites for hydroxylation is 1. The van der Waals surface area contributed by atoms with Crippen LogP contribution in [0.2, 0.25) is 0 Å². The first-order chi connectivity index (χ1) is 9.74. The second-order valence-corrected chi connectivity index (χ2v) is 5.15. The van der Waals surface area contributed by atoms with E-state index in [4.69, 9.17) is 0 Å². The van der Waals surface area contributed by atoms with Crippen LogP contribution in [0.4, 0.5) is 0 Å². The van der Waals surface area contributed by atoms with Gasteiger partial charge in [-0.15, -0.1) is 0 Å². The van der Waals surface area contributed by atoms with Crippen molar-refractivity contribution < 1.29 is 4.79 Å². The molecule has 0 radical (unpaired) electrons. The highest BCUT2D eigenvalue weighted by molar-refractivity contribution is 5.96. The Labute approximate surface area is 121 Å². The third-order valence-electron chi connectivity index (χ3n) is 3.63. The predicted molar refractivity (Wildman–Crippen MR) is 85.1 cm³/mol. The van der Waals surface area contributed by atoms with Gasteiger partial charge in [-0.05, 0) is 29.5 Å². The summed E-state index contributed by atoms with van der Waals surface area (Å²) in [4.78, 5) is 11.6. The Morgan fingerprint density at radius 1 is 0.850 bits per heavy atom. The molecule has 0 aliphatic carbocycles. The third-order valence-corrected chi connectivity index (χ3v) is 3.63. The van der Waals surface area contributed by atoms with Gasteiger partial charge in [-0.3, -0.25) is 4.79 Å². The van der Waals surface area contributed by atoms with E-state index in [9.17, 15) is 4.79 Å². The Balaban J connectivity index is 2.13. The maximum Gasteiger partial charge on any atom is 0.162 e. The van der Waals surface area contributed by atoms with E-state index in [1.807, 2.05) is 31.2 Å².